The standard InChI is InChI=1S/C20H24N2O4/c1-14-9-17(25-15(2)13-24-3)11-18(10-14)26-16-5-6-19(21-12-16)20(23)22-7-4-8-22/h5-6,9-12,15H,4,7-8,13H2,1-3H3. The van der Waals surface area contributed by atoms with E-state index in [4.69, 9.17) is 14.2 Å². The van der Waals surface area contributed by atoms with Gasteiger partial charge >= 0.3 is 0 Å². The number of methoxy groups -OCH3 is 1. The van der Waals surface area contributed by atoms with Crippen LogP contribution in [-0.4, -0.2) is 48.7 Å². The van der Waals surface area contributed by atoms with E-state index in [2.05, 4.69) is 4.98 Å². The minimum Gasteiger partial charge on any atom is -0.488 e. The highest BCUT2D eigenvalue weighted by Gasteiger charge is 2.22. The number of carbonyl (C=O) groups excluding carboxylic acids is 1. The second kappa shape index (κ2) is 8.19. The Labute approximate surface area is 153 Å². The quantitative estimate of drug-likeness (QED) is 0.760. The van der Waals surface area contributed by atoms with Crippen molar-refractivity contribution in [3.63, 3.8) is 0 Å². The van der Waals surface area contributed by atoms with Crippen LogP contribution in [-0.2, 0) is 4.74 Å². The maximum atomic E-state index is 12.1. The van der Waals surface area contributed by atoms with E-state index < -0.39 is 0 Å². The van der Waals surface area contributed by atoms with E-state index in [-0.39, 0.29) is 12.0 Å². The van der Waals surface area contributed by atoms with Crippen molar-refractivity contribution in [1.82, 2.24) is 9.88 Å². The largest absolute Gasteiger partial charge is 0.488 e. The molecule has 2 heterocycles. The molecule has 26 heavy (non-hydrogen) atoms. The number of rotatable bonds is 7. The molecule has 0 saturated carbocycles. The maximum Gasteiger partial charge on any atom is 0.272 e. The summed E-state index contributed by atoms with van der Waals surface area (Å²) in [4.78, 5) is 18.2. The third-order valence-corrected chi connectivity index (χ3v) is 4.10. The van der Waals surface area contributed by atoms with Gasteiger partial charge < -0.3 is 19.1 Å². The Bertz CT molecular complexity index is 757. The zero-order valence-electron chi connectivity index (χ0n) is 15.4. The lowest BCUT2D eigenvalue weighted by molar-refractivity contribution is 0.0645. The Balaban J connectivity index is 1.68. The fourth-order valence-corrected chi connectivity index (χ4v) is 2.73. The Morgan fingerprint density at radius 1 is 1.19 bits per heavy atom. The van der Waals surface area contributed by atoms with Crippen molar-refractivity contribution >= 4 is 5.91 Å². The Morgan fingerprint density at radius 3 is 2.58 bits per heavy atom. The summed E-state index contributed by atoms with van der Waals surface area (Å²) in [6.07, 6.45) is 2.58. The fraction of sp³-hybridized carbons (Fsp3) is 0.400. The van der Waals surface area contributed by atoms with Crippen LogP contribution in [0.3, 0.4) is 0 Å². The molecule has 1 saturated heterocycles. The molecule has 0 spiro atoms. The molecule has 1 aromatic carbocycles. The molecule has 1 aliphatic heterocycles. The minimum atomic E-state index is -0.0527. The summed E-state index contributed by atoms with van der Waals surface area (Å²) in [6.45, 7) is 6.07. The van der Waals surface area contributed by atoms with Gasteiger partial charge in [0.05, 0.1) is 12.8 Å². The predicted octanol–water partition coefficient (Wildman–Crippen LogP) is 3.44. The number of ether oxygens (including phenoxy) is 3. The van der Waals surface area contributed by atoms with E-state index in [0.717, 1.165) is 30.8 Å². The van der Waals surface area contributed by atoms with Crippen LogP contribution in [0, 0.1) is 6.92 Å². The molecule has 0 N–H and O–H groups in total. The number of carbonyl (C=O) groups is 1. The van der Waals surface area contributed by atoms with Gasteiger partial charge in [0, 0.05) is 26.3 Å². The molecule has 2 aromatic rings. The number of pyridine rings is 1. The lowest BCUT2D eigenvalue weighted by atomic mass is 10.2. The van der Waals surface area contributed by atoms with E-state index in [1.807, 2.05) is 32.0 Å². The number of likely N-dealkylation sites (tertiary alicyclic amines) is 1. The van der Waals surface area contributed by atoms with Gasteiger partial charge in [-0.2, -0.15) is 0 Å². The number of amides is 1. The van der Waals surface area contributed by atoms with Crippen LogP contribution in [0.25, 0.3) is 0 Å². The third kappa shape index (κ3) is 4.52. The summed E-state index contributed by atoms with van der Waals surface area (Å²) in [7, 11) is 1.65. The SMILES string of the molecule is COCC(C)Oc1cc(C)cc(Oc2ccc(C(=O)N3CCC3)nc2)c1. The van der Waals surface area contributed by atoms with Gasteiger partial charge in [0.1, 0.15) is 29.0 Å². The fourth-order valence-electron chi connectivity index (χ4n) is 2.73. The first-order valence-electron chi connectivity index (χ1n) is 8.75. The van der Waals surface area contributed by atoms with E-state index in [1.165, 1.54) is 0 Å². The zero-order chi connectivity index (χ0) is 18.5. The molecule has 3 rings (SSSR count). The van der Waals surface area contributed by atoms with Crippen molar-refractivity contribution in [2.24, 2.45) is 0 Å². The number of aryl methyl sites for hydroxylation is 1. The Morgan fingerprint density at radius 2 is 1.96 bits per heavy atom. The van der Waals surface area contributed by atoms with Crippen molar-refractivity contribution in [2.45, 2.75) is 26.4 Å². The van der Waals surface area contributed by atoms with Crippen molar-refractivity contribution in [1.29, 1.82) is 0 Å². The van der Waals surface area contributed by atoms with Gasteiger partial charge in [0.15, 0.2) is 0 Å². The molecule has 6 heteroatoms. The predicted molar refractivity (Wildman–Crippen MR) is 98.0 cm³/mol. The van der Waals surface area contributed by atoms with Crippen LogP contribution in [0.5, 0.6) is 17.2 Å². The molecule has 0 bridgehead atoms. The van der Waals surface area contributed by atoms with Crippen LogP contribution in [0.1, 0.15) is 29.4 Å². The molecule has 1 atom stereocenters. The molecule has 1 unspecified atom stereocenters. The third-order valence-electron chi connectivity index (χ3n) is 4.10. The monoisotopic (exact) mass is 356 g/mol. The van der Waals surface area contributed by atoms with Crippen molar-refractivity contribution in [2.75, 3.05) is 26.8 Å². The lowest BCUT2D eigenvalue weighted by Gasteiger charge is -2.30. The summed E-state index contributed by atoms with van der Waals surface area (Å²) in [6, 6.07) is 9.16. The maximum absolute atomic E-state index is 12.1. The highest BCUT2D eigenvalue weighted by atomic mass is 16.5. The van der Waals surface area contributed by atoms with E-state index in [0.29, 0.717) is 23.8 Å². The van der Waals surface area contributed by atoms with Gasteiger partial charge in [-0.3, -0.25) is 4.79 Å². The van der Waals surface area contributed by atoms with E-state index in [9.17, 15) is 4.79 Å². The number of hydrogen-bond acceptors (Lipinski definition) is 5. The summed E-state index contributed by atoms with van der Waals surface area (Å²) in [5.41, 5.74) is 1.47. The lowest BCUT2D eigenvalue weighted by Crippen LogP contribution is -2.42. The molecule has 1 fully saturated rings. The second-order valence-corrected chi connectivity index (χ2v) is 6.49. The highest BCUT2D eigenvalue weighted by molar-refractivity contribution is 5.92. The van der Waals surface area contributed by atoms with Gasteiger partial charge in [-0.1, -0.05) is 0 Å². The molecular weight excluding hydrogens is 332 g/mol. The summed E-state index contributed by atoms with van der Waals surface area (Å²) in [5.74, 6) is 1.93. The zero-order valence-corrected chi connectivity index (χ0v) is 15.4. The Hall–Kier alpha value is -2.60. The Kier molecular flexibility index (Phi) is 5.73. The van der Waals surface area contributed by atoms with Gasteiger partial charge in [-0.15, -0.1) is 0 Å². The van der Waals surface area contributed by atoms with Crippen LogP contribution in [0.15, 0.2) is 36.5 Å². The summed E-state index contributed by atoms with van der Waals surface area (Å²) >= 11 is 0. The van der Waals surface area contributed by atoms with Crippen molar-refractivity contribution in [3.8, 4) is 17.2 Å². The number of nitrogens with zero attached hydrogens (tertiary/aromatic N) is 2. The number of hydrogen-bond donors (Lipinski definition) is 0. The summed E-state index contributed by atoms with van der Waals surface area (Å²) in [5, 5.41) is 0. The molecule has 0 radical (unpaired) electrons. The first kappa shape index (κ1) is 18.2. The smallest absolute Gasteiger partial charge is 0.272 e. The van der Waals surface area contributed by atoms with Crippen molar-refractivity contribution < 1.29 is 19.0 Å². The molecule has 0 aliphatic carbocycles. The summed E-state index contributed by atoms with van der Waals surface area (Å²) < 4.78 is 16.8. The van der Waals surface area contributed by atoms with Gasteiger partial charge in [0.25, 0.3) is 5.91 Å². The molecule has 138 valence electrons. The van der Waals surface area contributed by atoms with Gasteiger partial charge in [-0.25, -0.2) is 4.98 Å². The number of aromatic nitrogens is 1. The van der Waals surface area contributed by atoms with Gasteiger partial charge in [-0.05, 0) is 50.1 Å². The first-order chi connectivity index (χ1) is 12.5. The molecule has 6 nitrogen and oxygen atoms in total. The number of benzene rings is 1. The topological polar surface area (TPSA) is 60.9 Å². The van der Waals surface area contributed by atoms with Crippen LogP contribution in [0.2, 0.25) is 0 Å². The average molecular weight is 356 g/mol. The average Bonchev–Trinajstić information content (AvgIpc) is 2.53. The van der Waals surface area contributed by atoms with E-state index in [1.54, 1.807) is 30.3 Å². The highest BCUT2D eigenvalue weighted by Crippen LogP contribution is 2.28. The van der Waals surface area contributed by atoms with E-state index >= 15 is 0 Å². The molecule has 1 aliphatic rings. The normalized spacial score (nSPS) is 14.5. The second-order valence-electron chi connectivity index (χ2n) is 6.49. The minimum absolute atomic E-state index is 0.0267. The van der Waals surface area contributed by atoms with Crippen LogP contribution >= 0.6 is 0 Å². The van der Waals surface area contributed by atoms with Crippen molar-refractivity contribution in [3.05, 3.63) is 47.8 Å². The molecule has 1 amide bonds. The molecular formula is C20H24N2O4. The van der Waals surface area contributed by atoms with Crippen LogP contribution < -0.4 is 9.47 Å². The first-order valence-corrected chi connectivity index (χ1v) is 8.75. The van der Waals surface area contributed by atoms with Gasteiger partial charge in [0.2, 0.25) is 0 Å². The molecule has 1 aromatic heterocycles. The van der Waals surface area contributed by atoms with Crippen LogP contribution in [0.4, 0.5) is 0 Å².